The zero-order valence-corrected chi connectivity index (χ0v) is 13.7. The number of hydrogen-bond donors (Lipinski definition) is 0. The highest BCUT2D eigenvalue weighted by Gasteiger charge is 2.14. The topological polar surface area (TPSA) is 34.1 Å². The average Bonchev–Trinajstić information content (AvgIpc) is 2.94. The molecular formula is C21H12O2S. The van der Waals surface area contributed by atoms with Crippen LogP contribution in [-0.2, 0) is 9.59 Å². The molecule has 0 saturated heterocycles. The van der Waals surface area contributed by atoms with Crippen LogP contribution in [0.4, 0.5) is 0 Å². The third-order valence-corrected chi connectivity index (χ3v) is 6.06. The summed E-state index contributed by atoms with van der Waals surface area (Å²) < 4.78 is 2.56. The Morgan fingerprint density at radius 1 is 0.792 bits per heavy atom. The minimum Gasteiger partial charge on any atom is -0.286 e. The Kier molecular flexibility index (Phi) is 2.62. The van der Waals surface area contributed by atoms with Gasteiger partial charge in [-0.2, -0.15) is 0 Å². The molecule has 1 aliphatic rings. The van der Waals surface area contributed by atoms with Gasteiger partial charge in [-0.05, 0) is 70.1 Å². The lowest BCUT2D eigenvalue weighted by Gasteiger charge is -2.07. The van der Waals surface area contributed by atoms with E-state index in [-0.39, 0.29) is 0 Å². The number of ketones is 2. The molecule has 1 heterocycles. The molecule has 24 heavy (non-hydrogen) atoms. The number of thiophene rings is 1. The monoisotopic (exact) mass is 328 g/mol. The molecule has 0 bridgehead atoms. The first-order chi connectivity index (χ1) is 11.6. The van der Waals surface area contributed by atoms with Crippen molar-refractivity contribution in [1.82, 2.24) is 0 Å². The second kappa shape index (κ2) is 4.62. The maximum absolute atomic E-state index is 11.7. The van der Waals surface area contributed by atoms with Crippen molar-refractivity contribution >= 4 is 66.0 Å². The Hall–Kier alpha value is -2.78. The molecule has 0 radical (unpaired) electrons. The van der Waals surface area contributed by atoms with Crippen molar-refractivity contribution in [2.24, 2.45) is 0 Å². The van der Waals surface area contributed by atoms with Crippen LogP contribution >= 0.6 is 11.3 Å². The fraction of sp³-hybridized carbons (Fsp3) is 0.0476. The highest BCUT2D eigenvalue weighted by molar-refractivity contribution is 7.26. The summed E-state index contributed by atoms with van der Waals surface area (Å²) in [6.45, 7) is 2.13. The molecule has 0 fully saturated rings. The van der Waals surface area contributed by atoms with Gasteiger partial charge in [-0.25, -0.2) is 0 Å². The van der Waals surface area contributed by atoms with E-state index in [1.165, 1.54) is 37.9 Å². The molecule has 0 amide bonds. The minimum atomic E-state index is -0.444. The first-order valence-corrected chi connectivity index (χ1v) is 8.60. The Morgan fingerprint density at radius 3 is 2.29 bits per heavy atom. The van der Waals surface area contributed by atoms with Crippen molar-refractivity contribution in [1.29, 1.82) is 0 Å². The van der Waals surface area contributed by atoms with Crippen LogP contribution < -0.4 is 10.4 Å². The van der Waals surface area contributed by atoms with Gasteiger partial charge in [0.1, 0.15) is 0 Å². The number of Topliss-reactive ketones (excluding diaryl/α,β-unsaturated/α-hetero) is 2. The summed E-state index contributed by atoms with van der Waals surface area (Å²) in [5.41, 5.74) is 1.23. The van der Waals surface area contributed by atoms with Gasteiger partial charge in [0.2, 0.25) is 11.6 Å². The van der Waals surface area contributed by atoms with E-state index in [0.717, 1.165) is 21.2 Å². The molecule has 1 aromatic heterocycles. The van der Waals surface area contributed by atoms with Gasteiger partial charge in [0.25, 0.3) is 0 Å². The van der Waals surface area contributed by atoms with E-state index < -0.39 is 11.6 Å². The Bertz CT molecular complexity index is 1340. The van der Waals surface area contributed by atoms with E-state index >= 15 is 0 Å². The van der Waals surface area contributed by atoms with Crippen LogP contribution in [0.1, 0.15) is 5.56 Å². The van der Waals surface area contributed by atoms with Crippen molar-refractivity contribution < 1.29 is 9.59 Å². The smallest absolute Gasteiger partial charge is 0.226 e. The van der Waals surface area contributed by atoms with E-state index in [0.29, 0.717) is 0 Å². The molecule has 0 unspecified atom stereocenters. The van der Waals surface area contributed by atoms with E-state index in [4.69, 9.17) is 0 Å². The molecular weight excluding hydrogens is 316 g/mol. The van der Waals surface area contributed by atoms with Gasteiger partial charge in [-0.15, -0.1) is 11.3 Å². The molecule has 0 N–H and O–H groups in total. The number of fused-ring (bicyclic) bond motifs is 5. The molecule has 0 saturated carbocycles. The summed E-state index contributed by atoms with van der Waals surface area (Å²) in [6.07, 6.45) is 2.90. The predicted octanol–water partition coefficient (Wildman–Crippen LogP) is 3.23. The largest absolute Gasteiger partial charge is 0.286 e. The first-order valence-electron chi connectivity index (χ1n) is 7.78. The number of benzene rings is 3. The van der Waals surface area contributed by atoms with Crippen molar-refractivity contribution in [2.75, 3.05) is 0 Å². The molecule has 5 rings (SSSR count). The van der Waals surface area contributed by atoms with Gasteiger partial charge in [0.15, 0.2) is 0 Å². The summed E-state index contributed by atoms with van der Waals surface area (Å²) in [5.74, 6) is -0.886. The maximum Gasteiger partial charge on any atom is 0.226 e. The third-order valence-electron chi connectivity index (χ3n) is 4.75. The maximum atomic E-state index is 11.7. The van der Waals surface area contributed by atoms with E-state index in [1.807, 2.05) is 12.1 Å². The summed E-state index contributed by atoms with van der Waals surface area (Å²) in [7, 11) is 0. The minimum absolute atomic E-state index is 0.442. The van der Waals surface area contributed by atoms with Crippen LogP contribution in [0, 0.1) is 6.92 Å². The standard InChI is InChI=1S/C21H12O2S/c1-11-16-7-13-10-19(23)18(22)9-12(13)6-14(16)8-17-15-4-2-3-5-20(15)24-21(11)17/h2-10H,1H3. The Balaban J connectivity index is 2.01. The second-order valence-electron chi connectivity index (χ2n) is 6.20. The molecule has 1 aliphatic carbocycles. The number of carbonyl (C=O) groups is 2. The lowest BCUT2D eigenvalue weighted by atomic mass is 9.97. The van der Waals surface area contributed by atoms with Gasteiger partial charge in [0.05, 0.1) is 0 Å². The van der Waals surface area contributed by atoms with Gasteiger partial charge < -0.3 is 0 Å². The third kappa shape index (κ3) is 1.76. The highest BCUT2D eigenvalue weighted by atomic mass is 32.1. The summed E-state index contributed by atoms with van der Waals surface area (Å²) >= 11 is 1.80. The van der Waals surface area contributed by atoms with Crippen LogP contribution in [0.5, 0.6) is 0 Å². The molecule has 4 aromatic rings. The molecule has 3 heteroatoms. The predicted molar refractivity (Wildman–Crippen MR) is 99.8 cm³/mol. The van der Waals surface area contributed by atoms with E-state index in [9.17, 15) is 9.59 Å². The van der Waals surface area contributed by atoms with E-state index in [2.05, 4.69) is 37.3 Å². The molecule has 0 atom stereocenters. The zero-order valence-electron chi connectivity index (χ0n) is 12.9. The fourth-order valence-corrected chi connectivity index (χ4v) is 4.73. The highest BCUT2D eigenvalue weighted by Crippen LogP contribution is 2.38. The molecule has 3 aromatic carbocycles. The summed E-state index contributed by atoms with van der Waals surface area (Å²) in [5, 5.41) is 6.42. The number of aryl methyl sites for hydroxylation is 1. The second-order valence-corrected chi connectivity index (χ2v) is 7.25. The fourth-order valence-electron chi connectivity index (χ4n) is 3.53. The van der Waals surface area contributed by atoms with Crippen LogP contribution in [0.2, 0.25) is 0 Å². The van der Waals surface area contributed by atoms with Crippen molar-refractivity contribution in [2.45, 2.75) is 6.92 Å². The molecule has 0 spiro atoms. The Morgan fingerprint density at radius 2 is 1.50 bits per heavy atom. The molecule has 2 nitrogen and oxygen atoms in total. The first kappa shape index (κ1) is 13.6. The number of rotatable bonds is 0. The Labute approximate surface area is 141 Å². The average molecular weight is 328 g/mol. The van der Waals surface area contributed by atoms with Crippen molar-refractivity contribution in [3.63, 3.8) is 0 Å². The number of hydrogen-bond acceptors (Lipinski definition) is 3. The quantitative estimate of drug-likeness (QED) is 0.465. The summed E-state index contributed by atoms with van der Waals surface area (Å²) in [4.78, 5) is 23.3. The van der Waals surface area contributed by atoms with Gasteiger partial charge >= 0.3 is 0 Å². The molecule has 0 aliphatic heterocycles. The SMILES string of the molecule is Cc1c2cc3c(cc2cc2c1sc1ccccc12)=CC(=O)C(=O)C=3. The lowest BCUT2D eigenvalue weighted by molar-refractivity contribution is -0.129. The van der Waals surface area contributed by atoms with Crippen molar-refractivity contribution in [3.8, 4) is 0 Å². The van der Waals surface area contributed by atoms with Crippen LogP contribution in [-0.4, -0.2) is 11.6 Å². The van der Waals surface area contributed by atoms with Gasteiger partial charge in [-0.1, -0.05) is 18.2 Å². The van der Waals surface area contributed by atoms with Gasteiger partial charge in [0, 0.05) is 20.2 Å². The van der Waals surface area contributed by atoms with Crippen LogP contribution in [0.15, 0.2) is 42.5 Å². The van der Waals surface area contributed by atoms with Gasteiger partial charge in [-0.3, -0.25) is 9.59 Å². The van der Waals surface area contributed by atoms with Crippen LogP contribution in [0.25, 0.3) is 43.1 Å². The normalized spacial score (nSPS) is 14.0. The van der Waals surface area contributed by atoms with Crippen LogP contribution in [0.3, 0.4) is 0 Å². The zero-order chi connectivity index (χ0) is 16.4. The number of carbonyl (C=O) groups excluding carboxylic acids is 2. The molecule has 114 valence electrons. The van der Waals surface area contributed by atoms with Crippen molar-refractivity contribution in [3.05, 3.63) is 58.5 Å². The lowest BCUT2D eigenvalue weighted by Crippen LogP contribution is -2.33. The summed E-state index contributed by atoms with van der Waals surface area (Å²) in [6, 6.07) is 14.7. The van der Waals surface area contributed by atoms with E-state index in [1.54, 1.807) is 11.3 Å².